The average molecular weight is 381 g/mol. The number of benzene rings is 1. The van der Waals surface area contributed by atoms with E-state index in [1.807, 2.05) is 6.92 Å². The number of rotatable bonds is 4. The van der Waals surface area contributed by atoms with Gasteiger partial charge in [-0.2, -0.15) is 5.10 Å². The minimum atomic E-state index is -0.523. The van der Waals surface area contributed by atoms with Gasteiger partial charge in [-0.1, -0.05) is 11.6 Å². The van der Waals surface area contributed by atoms with Crippen molar-refractivity contribution in [3.63, 3.8) is 0 Å². The van der Waals surface area contributed by atoms with E-state index in [0.29, 0.717) is 10.7 Å². The number of nitrogens with one attached hydrogen (secondary N) is 1. The quantitative estimate of drug-likeness (QED) is 0.745. The first-order valence-corrected chi connectivity index (χ1v) is 8.45. The Morgan fingerprint density at radius 2 is 2.20 bits per heavy atom. The van der Waals surface area contributed by atoms with Crippen molar-refractivity contribution < 1.29 is 13.9 Å². The Labute approximate surface area is 152 Å². The van der Waals surface area contributed by atoms with Crippen LogP contribution in [-0.4, -0.2) is 27.8 Å². The highest BCUT2D eigenvalue weighted by Gasteiger charge is 2.18. The molecule has 0 fully saturated rings. The van der Waals surface area contributed by atoms with Gasteiger partial charge in [0.1, 0.15) is 22.3 Å². The third-order valence-electron chi connectivity index (χ3n) is 3.69. The fraction of sp³-hybridized carbons (Fsp3) is 0.188. The van der Waals surface area contributed by atoms with Crippen molar-refractivity contribution in [3.8, 4) is 16.3 Å². The molecule has 3 rings (SSSR count). The van der Waals surface area contributed by atoms with E-state index < -0.39 is 11.7 Å². The van der Waals surface area contributed by atoms with E-state index >= 15 is 0 Å². The summed E-state index contributed by atoms with van der Waals surface area (Å²) in [5, 5.41) is 8.99. The van der Waals surface area contributed by atoms with Crippen LogP contribution in [-0.2, 0) is 7.05 Å². The van der Waals surface area contributed by atoms with Crippen LogP contribution in [0, 0.1) is 12.7 Å². The molecule has 1 aromatic carbocycles. The Morgan fingerprint density at radius 1 is 1.44 bits per heavy atom. The molecule has 0 saturated carbocycles. The Bertz CT molecular complexity index is 954. The number of ether oxygens (including phenoxy) is 1. The van der Waals surface area contributed by atoms with Crippen LogP contribution in [0.2, 0.25) is 5.02 Å². The summed E-state index contributed by atoms with van der Waals surface area (Å²) in [5.41, 5.74) is 1.82. The molecule has 0 spiro atoms. The van der Waals surface area contributed by atoms with Crippen LogP contribution in [0.5, 0.6) is 5.75 Å². The number of hydrogen-bond donors (Lipinski definition) is 1. The van der Waals surface area contributed by atoms with Gasteiger partial charge in [0, 0.05) is 24.1 Å². The third-order valence-corrected chi connectivity index (χ3v) is 4.86. The second kappa shape index (κ2) is 6.81. The molecule has 25 heavy (non-hydrogen) atoms. The van der Waals surface area contributed by atoms with Crippen LogP contribution in [0.15, 0.2) is 23.7 Å². The minimum absolute atomic E-state index is 0.189. The van der Waals surface area contributed by atoms with Crippen LogP contribution in [0.3, 0.4) is 0 Å². The lowest BCUT2D eigenvalue weighted by Crippen LogP contribution is -2.12. The maximum Gasteiger partial charge on any atom is 0.275 e. The predicted molar refractivity (Wildman–Crippen MR) is 95.0 cm³/mol. The molecule has 2 heterocycles. The first-order valence-electron chi connectivity index (χ1n) is 7.19. The molecule has 0 bridgehead atoms. The molecule has 2 aromatic heterocycles. The molecule has 9 heteroatoms. The fourth-order valence-electron chi connectivity index (χ4n) is 2.16. The van der Waals surface area contributed by atoms with Crippen molar-refractivity contribution in [2.45, 2.75) is 6.92 Å². The molecule has 1 N–H and O–H groups in total. The average Bonchev–Trinajstić information content (AvgIpc) is 3.19. The molecule has 0 aliphatic carbocycles. The first kappa shape index (κ1) is 17.4. The highest BCUT2D eigenvalue weighted by molar-refractivity contribution is 7.13. The van der Waals surface area contributed by atoms with E-state index in [1.165, 1.54) is 19.2 Å². The van der Waals surface area contributed by atoms with Gasteiger partial charge in [-0.25, -0.2) is 9.37 Å². The normalized spacial score (nSPS) is 10.8. The van der Waals surface area contributed by atoms with Crippen LogP contribution in [0.1, 0.15) is 16.2 Å². The molecule has 0 unspecified atom stereocenters. The molecule has 1 amide bonds. The van der Waals surface area contributed by atoms with Gasteiger partial charge < -0.3 is 10.1 Å². The van der Waals surface area contributed by atoms with E-state index in [1.54, 1.807) is 23.3 Å². The van der Waals surface area contributed by atoms with Crippen LogP contribution in [0.4, 0.5) is 10.1 Å². The van der Waals surface area contributed by atoms with Gasteiger partial charge in [0.15, 0.2) is 0 Å². The van der Waals surface area contributed by atoms with Gasteiger partial charge in [0.05, 0.1) is 29.7 Å². The zero-order chi connectivity index (χ0) is 18.1. The largest absolute Gasteiger partial charge is 0.495 e. The molecular weight excluding hydrogens is 367 g/mol. The van der Waals surface area contributed by atoms with Gasteiger partial charge >= 0.3 is 0 Å². The van der Waals surface area contributed by atoms with Gasteiger partial charge in [-0.15, -0.1) is 11.3 Å². The van der Waals surface area contributed by atoms with E-state index in [-0.39, 0.29) is 22.0 Å². The SMILES string of the molecule is COc1cc(F)c(-c2nc(C(=O)Nc3cnn(C)c3C)cs2)cc1Cl. The number of carbonyl (C=O) groups is 1. The highest BCUT2D eigenvalue weighted by atomic mass is 35.5. The third kappa shape index (κ3) is 3.35. The molecular formula is C16H14ClFN4O2S. The second-order valence-corrected chi connectivity index (χ2v) is 6.49. The molecule has 0 atom stereocenters. The highest BCUT2D eigenvalue weighted by Crippen LogP contribution is 2.34. The topological polar surface area (TPSA) is 69.0 Å². The van der Waals surface area contributed by atoms with E-state index in [0.717, 1.165) is 17.0 Å². The van der Waals surface area contributed by atoms with E-state index in [2.05, 4.69) is 15.4 Å². The number of hydrogen-bond acceptors (Lipinski definition) is 5. The summed E-state index contributed by atoms with van der Waals surface area (Å²) in [7, 11) is 3.19. The lowest BCUT2D eigenvalue weighted by Gasteiger charge is -2.06. The molecule has 130 valence electrons. The summed E-state index contributed by atoms with van der Waals surface area (Å²) in [6.07, 6.45) is 1.56. The summed E-state index contributed by atoms with van der Waals surface area (Å²) >= 11 is 7.20. The Hall–Kier alpha value is -2.45. The lowest BCUT2D eigenvalue weighted by atomic mass is 10.2. The monoisotopic (exact) mass is 380 g/mol. The van der Waals surface area contributed by atoms with Crippen molar-refractivity contribution in [1.82, 2.24) is 14.8 Å². The summed E-state index contributed by atoms with van der Waals surface area (Å²) in [6, 6.07) is 2.62. The molecule has 6 nitrogen and oxygen atoms in total. The zero-order valence-electron chi connectivity index (χ0n) is 13.6. The van der Waals surface area contributed by atoms with Crippen LogP contribution in [0.25, 0.3) is 10.6 Å². The predicted octanol–water partition coefficient (Wildman–Crippen LogP) is 3.91. The van der Waals surface area contributed by atoms with Crippen molar-refractivity contribution in [3.05, 3.63) is 45.9 Å². The number of thiazole rings is 1. The van der Waals surface area contributed by atoms with Crippen LogP contribution < -0.4 is 10.1 Å². The Kier molecular flexibility index (Phi) is 4.73. The number of nitrogens with zero attached hydrogens (tertiary/aromatic N) is 3. The van der Waals surface area contributed by atoms with Gasteiger partial charge in [0.2, 0.25) is 0 Å². The maximum atomic E-state index is 14.2. The molecule has 3 aromatic rings. The number of aromatic nitrogens is 3. The number of aryl methyl sites for hydroxylation is 1. The summed E-state index contributed by atoms with van der Waals surface area (Å²) in [5.74, 6) is -0.672. The smallest absolute Gasteiger partial charge is 0.275 e. The lowest BCUT2D eigenvalue weighted by molar-refractivity contribution is 0.102. The summed E-state index contributed by atoms with van der Waals surface area (Å²) in [4.78, 5) is 16.5. The van der Waals surface area contributed by atoms with Gasteiger partial charge in [0.25, 0.3) is 5.91 Å². The summed E-state index contributed by atoms with van der Waals surface area (Å²) in [6.45, 7) is 1.84. The van der Waals surface area contributed by atoms with E-state index in [9.17, 15) is 9.18 Å². The van der Waals surface area contributed by atoms with Gasteiger partial charge in [-0.3, -0.25) is 9.48 Å². The molecule has 0 saturated heterocycles. The Morgan fingerprint density at radius 3 is 2.84 bits per heavy atom. The van der Waals surface area contributed by atoms with Crippen molar-refractivity contribution >= 4 is 34.5 Å². The Balaban J connectivity index is 1.86. The fourth-order valence-corrected chi connectivity index (χ4v) is 3.22. The van der Waals surface area contributed by atoms with Crippen LogP contribution >= 0.6 is 22.9 Å². The zero-order valence-corrected chi connectivity index (χ0v) is 15.2. The maximum absolute atomic E-state index is 14.2. The summed E-state index contributed by atoms with van der Waals surface area (Å²) < 4.78 is 20.9. The van der Waals surface area contributed by atoms with Crippen molar-refractivity contribution in [2.75, 3.05) is 12.4 Å². The number of anilines is 1. The van der Waals surface area contributed by atoms with Crippen molar-refractivity contribution in [2.24, 2.45) is 7.05 Å². The molecule has 0 aliphatic rings. The van der Waals surface area contributed by atoms with Crippen molar-refractivity contribution in [1.29, 1.82) is 0 Å². The molecule has 0 aliphatic heterocycles. The number of carbonyl (C=O) groups excluding carboxylic acids is 1. The minimum Gasteiger partial charge on any atom is -0.495 e. The number of amides is 1. The van der Waals surface area contributed by atoms with Gasteiger partial charge in [-0.05, 0) is 13.0 Å². The second-order valence-electron chi connectivity index (χ2n) is 5.23. The number of methoxy groups -OCH3 is 1. The number of halogens is 2. The van der Waals surface area contributed by atoms with E-state index in [4.69, 9.17) is 16.3 Å². The first-order chi connectivity index (χ1) is 11.9. The molecule has 0 radical (unpaired) electrons. The standard InChI is InChI=1S/C16H14ClFN4O2S/c1-8-12(6-19-22(8)2)20-15(23)13-7-25-16(21-13)9-4-10(17)14(24-3)5-11(9)18/h4-7H,1-3H3,(H,20,23).